The standard InChI is InChI=1S/C9H10N2O3/c1-2-14-9(13)8(12)6-7-4-3-5-10-11-7/h3-5H,2,6H2,1H3. The monoisotopic (exact) mass is 194 g/mol. The number of aromatic nitrogens is 2. The van der Waals surface area contributed by atoms with Crippen LogP contribution in [0.15, 0.2) is 18.3 Å². The van der Waals surface area contributed by atoms with Crippen molar-refractivity contribution in [3.05, 3.63) is 24.0 Å². The number of nitrogens with zero attached hydrogens (tertiary/aromatic N) is 2. The second-order valence-corrected chi connectivity index (χ2v) is 2.54. The molecular weight excluding hydrogens is 184 g/mol. The molecule has 0 aliphatic heterocycles. The Hall–Kier alpha value is -1.78. The highest BCUT2D eigenvalue weighted by Crippen LogP contribution is 1.95. The lowest BCUT2D eigenvalue weighted by molar-refractivity contribution is -0.153. The molecule has 0 atom stereocenters. The van der Waals surface area contributed by atoms with Crippen molar-refractivity contribution in [1.82, 2.24) is 10.2 Å². The number of carbonyl (C=O) groups is 2. The lowest BCUT2D eigenvalue weighted by Gasteiger charge is -1.99. The summed E-state index contributed by atoms with van der Waals surface area (Å²) in [5.74, 6) is -1.43. The lowest BCUT2D eigenvalue weighted by atomic mass is 10.2. The molecule has 0 aliphatic rings. The third-order valence-electron chi connectivity index (χ3n) is 1.47. The minimum absolute atomic E-state index is 0.0628. The number of hydrogen-bond donors (Lipinski definition) is 0. The van der Waals surface area contributed by atoms with Crippen LogP contribution in [0.3, 0.4) is 0 Å². The Labute approximate surface area is 81.1 Å². The van der Waals surface area contributed by atoms with Gasteiger partial charge >= 0.3 is 5.97 Å². The molecule has 74 valence electrons. The Bertz CT molecular complexity index is 324. The van der Waals surface area contributed by atoms with Gasteiger partial charge in [-0.05, 0) is 19.1 Å². The van der Waals surface area contributed by atoms with Gasteiger partial charge in [0.15, 0.2) is 0 Å². The van der Waals surface area contributed by atoms with Crippen molar-refractivity contribution in [2.24, 2.45) is 0 Å². The summed E-state index contributed by atoms with van der Waals surface area (Å²) in [6, 6.07) is 3.28. The molecule has 0 saturated heterocycles. The fourth-order valence-electron chi connectivity index (χ4n) is 0.876. The predicted octanol–water partition coefficient (Wildman–Crippen LogP) is 0.151. The van der Waals surface area contributed by atoms with Crippen molar-refractivity contribution in [2.75, 3.05) is 6.61 Å². The van der Waals surface area contributed by atoms with Gasteiger partial charge in [-0.2, -0.15) is 10.2 Å². The molecule has 5 nitrogen and oxygen atoms in total. The Kier molecular flexibility index (Phi) is 3.72. The first kappa shape index (κ1) is 10.3. The zero-order valence-corrected chi connectivity index (χ0v) is 7.77. The number of esters is 1. The molecule has 1 heterocycles. The first-order valence-corrected chi connectivity index (χ1v) is 4.20. The van der Waals surface area contributed by atoms with Crippen LogP contribution >= 0.6 is 0 Å². The van der Waals surface area contributed by atoms with Crippen LogP contribution < -0.4 is 0 Å². The van der Waals surface area contributed by atoms with E-state index in [0.29, 0.717) is 5.69 Å². The maximum absolute atomic E-state index is 11.2. The van der Waals surface area contributed by atoms with Gasteiger partial charge in [-0.15, -0.1) is 0 Å². The normalized spacial score (nSPS) is 9.50. The summed E-state index contributed by atoms with van der Waals surface area (Å²) < 4.78 is 4.54. The number of hydrogen-bond acceptors (Lipinski definition) is 5. The number of rotatable bonds is 4. The largest absolute Gasteiger partial charge is 0.460 e. The van der Waals surface area contributed by atoms with Crippen LogP contribution in [-0.2, 0) is 20.7 Å². The molecule has 0 unspecified atom stereocenters. The summed E-state index contributed by atoms with van der Waals surface area (Å²) in [7, 11) is 0. The highest BCUT2D eigenvalue weighted by molar-refractivity contribution is 6.34. The molecular formula is C9H10N2O3. The average molecular weight is 194 g/mol. The van der Waals surface area contributed by atoms with E-state index in [4.69, 9.17) is 0 Å². The van der Waals surface area contributed by atoms with Crippen LogP contribution in [0.5, 0.6) is 0 Å². The van der Waals surface area contributed by atoms with Crippen molar-refractivity contribution >= 4 is 11.8 Å². The highest BCUT2D eigenvalue weighted by atomic mass is 16.5. The molecule has 0 aliphatic carbocycles. The van der Waals surface area contributed by atoms with E-state index in [1.165, 1.54) is 6.20 Å². The molecule has 0 aromatic carbocycles. The van der Waals surface area contributed by atoms with Crippen LogP contribution in [-0.4, -0.2) is 28.6 Å². The second-order valence-electron chi connectivity index (χ2n) is 2.54. The van der Waals surface area contributed by atoms with Crippen molar-refractivity contribution in [3.63, 3.8) is 0 Å². The first-order valence-electron chi connectivity index (χ1n) is 4.20. The molecule has 0 fully saturated rings. The fourth-order valence-corrected chi connectivity index (χ4v) is 0.876. The van der Waals surface area contributed by atoms with Crippen LogP contribution in [0.4, 0.5) is 0 Å². The highest BCUT2D eigenvalue weighted by Gasteiger charge is 2.15. The van der Waals surface area contributed by atoms with E-state index < -0.39 is 11.8 Å². The average Bonchev–Trinajstić information content (AvgIpc) is 2.19. The quantitative estimate of drug-likeness (QED) is 0.504. The van der Waals surface area contributed by atoms with E-state index in [9.17, 15) is 9.59 Å². The molecule has 14 heavy (non-hydrogen) atoms. The Morgan fingerprint density at radius 3 is 2.86 bits per heavy atom. The Morgan fingerprint density at radius 1 is 1.50 bits per heavy atom. The molecule has 1 aromatic heterocycles. The van der Waals surface area contributed by atoms with Crippen LogP contribution in [0, 0.1) is 0 Å². The maximum atomic E-state index is 11.2. The molecule has 0 amide bonds. The summed E-state index contributed by atoms with van der Waals surface area (Å²) in [5.41, 5.74) is 0.463. The molecule has 0 bridgehead atoms. The first-order chi connectivity index (χ1) is 6.74. The number of ether oxygens (including phenoxy) is 1. The summed E-state index contributed by atoms with van der Waals surface area (Å²) in [4.78, 5) is 22.1. The second kappa shape index (κ2) is 5.06. The zero-order chi connectivity index (χ0) is 10.4. The van der Waals surface area contributed by atoms with E-state index in [1.807, 2.05) is 0 Å². The zero-order valence-electron chi connectivity index (χ0n) is 7.77. The molecule has 1 aromatic rings. The smallest absolute Gasteiger partial charge is 0.375 e. The van der Waals surface area contributed by atoms with Gasteiger partial charge in [0.2, 0.25) is 5.78 Å². The molecule has 1 rings (SSSR count). The van der Waals surface area contributed by atoms with Gasteiger partial charge in [0.05, 0.1) is 18.7 Å². The molecule has 0 radical (unpaired) electrons. The van der Waals surface area contributed by atoms with Gasteiger partial charge in [0.1, 0.15) is 0 Å². The fraction of sp³-hybridized carbons (Fsp3) is 0.333. The molecule has 5 heteroatoms. The van der Waals surface area contributed by atoms with E-state index in [0.717, 1.165) is 0 Å². The summed E-state index contributed by atoms with van der Waals surface area (Å²) >= 11 is 0. The third kappa shape index (κ3) is 2.93. The van der Waals surface area contributed by atoms with Crippen molar-refractivity contribution in [1.29, 1.82) is 0 Å². The van der Waals surface area contributed by atoms with E-state index in [-0.39, 0.29) is 13.0 Å². The van der Waals surface area contributed by atoms with Gasteiger partial charge in [0.25, 0.3) is 0 Å². The molecule has 0 saturated carbocycles. The van der Waals surface area contributed by atoms with Crippen molar-refractivity contribution in [3.8, 4) is 0 Å². The number of ketones is 1. The van der Waals surface area contributed by atoms with E-state index >= 15 is 0 Å². The van der Waals surface area contributed by atoms with Gasteiger partial charge in [-0.3, -0.25) is 4.79 Å². The van der Waals surface area contributed by atoms with E-state index in [1.54, 1.807) is 19.1 Å². The van der Waals surface area contributed by atoms with Gasteiger partial charge in [-0.1, -0.05) is 0 Å². The Balaban J connectivity index is 2.53. The number of Topliss-reactive ketones (excluding diaryl/α,β-unsaturated/α-hetero) is 1. The number of carbonyl (C=O) groups excluding carboxylic acids is 2. The summed E-state index contributed by atoms with van der Waals surface area (Å²) in [6.07, 6.45) is 1.44. The minimum Gasteiger partial charge on any atom is -0.460 e. The van der Waals surface area contributed by atoms with Crippen molar-refractivity contribution < 1.29 is 14.3 Å². The van der Waals surface area contributed by atoms with Crippen LogP contribution in [0.25, 0.3) is 0 Å². The van der Waals surface area contributed by atoms with Crippen molar-refractivity contribution in [2.45, 2.75) is 13.3 Å². The van der Waals surface area contributed by atoms with Crippen LogP contribution in [0.1, 0.15) is 12.6 Å². The van der Waals surface area contributed by atoms with Gasteiger partial charge in [0, 0.05) is 6.20 Å². The summed E-state index contributed by atoms with van der Waals surface area (Å²) in [6.45, 7) is 1.85. The Morgan fingerprint density at radius 2 is 2.29 bits per heavy atom. The SMILES string of the molecule is CCOC(=O)C(=O)Cc1cccnn1. The van der Waals surface area contributed by atoms with Gasteiger partial charge < -0.3 is 4.74 Å². The summed E-state index contributed by atoms with van der Waals surface area (Å²) in [5, 5.41) is 7.27. The predicted molar refractivity (Wildman–Crippen MR) is 47.4 cm³/mol. The van der Waals surface area contributed by atoms with Gasteiger partial charge in [-0.25, -0.2) is 4.79 Å². The topological polar surface area (TPSA) is 69.2 Å². The molecule has 0 N–H and O–H groups in total. The lowest BCUT2D eigenvalue weighted by Crippen LogP contribution is -2.19. The molecule has 0 spiro atoms. The minimum atomic E-state index is -0.821. The van der Waals surface area contributed by atoms with Crippen LogP contribution in [0.2, 0.25) is 0 Å². The third-order valence-corrected chi connectivity index (χ3v) is 1.47. The van der Waals surface area contributed by atoms with E-state index in [2.05, 4.69) is 14.9 Å². The maximum Gasteiger partial charge on any atom is 0.375 e.